The Balaban J connectivity index is 1.95. The van der Waals surface area contributed by atoms with Gasteiger partial charge in [0.25, 0.3) is 5.91 Å². The predicted octanol–water partition coefficient (Wildman–Crippen LogP) is 3.03. The second-order valence-corrected chi connectivity index (χ2v) is 5.50. The Morgan fingerprint density at radius 2 is 2.14 bits per heavy atom. The number of nitrogens with zero attached hydrogens (tertiary/aromatic N) is 3. The first-order valence-corrected chi connectivity index (χ1v) is 7.24. The van der Waals surface area contributed by atoms with Crippen LogP contribution in [0.4, 0.5) is 10.8 Å². The van der Waals surface area contributed by atoms with Crippen LogP contribution in [-0.2, 0) is 0 Å². The minimum Gasteiger partial charge on any atom is -0.363 e. The Morgan fingerprint density at radius 1 is 1.29 bits per heavy atom. The van der Waals surface area contributed by atoms with Gasteiger partial charge in [0.1, 0.15) is 0 Å². The van der Waals surface area contributed by atoms with E-state index in [-0.39, 0.29) is 10.9 Å². The molecule has 0 atom stereocenters. The molecule has 8 heteroatoms. The predicted molar refractivity (Wildman–Crippen MR) is 84.2 cm³/mol. The van der Waals surface area contributed by atoms with E-state index in [1.54, 1.807) is 31.4 Å². The van der Waals surface area contributed by atoms with Crippen molar-refractivity contribution in [2.45, 2.75) is 0 Å². The summed E-state index contributed by atoms with van der Waals surface area (Å²) in [6.07, 6.45) is 1.65. The summed E-state index contributed by atoms with van der Waals surface area (Å²) in [6, 6.07) is 7.09. The van der Waals surface area contributed by atoms with Crippen molar-refractivity contribution in [1.29, 1.82) is 0 Å². The molecule has 2 aromatic heterocycles. The molecule has 0 unspecified atom stereocenters. The van der Waals surface area contributed by atoms with Gasteiger partial charge in [-0.1, -0.05) is 22.9 Å². The van der Waals surface area contributed by atoms with E-state index >= 15 is 0 Å². The van der Waals surface area contributed by atoms with Crippen LogP contribution in [0.3, 0.4) is 0 Å². The van der Waals surface area contributed by atoms with Crippen molar-refractivity contribution in [3.05, 3.63) is 40.5 Å². The summed E-state index contributed by atoms with van der Waals surface area (Å²) in [7, 11) is 1.72. The summed E-state index contributed by atoms with van der Waals surface area (Å²) in [5, 5.41) is 15.5. The zero-order valence-corrected chi connectivity index (χ0v) is 12.5. The number of amides is 1. The van der Waals surface area contributed by atoms with Crippen LogP contribution in [0.5, 0.6) is 0 Å². The Morgan fingerprint density at radius 3 is 2.90 bits per heavy atom. The minimum atomic E-state index is -0.330. The highest BCUT2D eigenvalue weighted by Crippen LogP contribution is 2.28. The Hall–Kier alpha value is -2.25. The molecule has 0 saturated carbocycles. The molecule has 21 heavy (non-hydrogen) atoms. The van der Waals surface area contributed by atoms with Gasteiger partial charge in [0.15, 0.2) is 0 Å². The highest BCUT2D eigenvalue weighted by Gasteiger charge is 2.14. The fourth-order valence-electron chi connectivity index (χ4n) is 1.83. The van der Waals surface area contributed by atoms with E-state index in [9.17, 15) is 4.79 Å². The van der Waals surface area contributed by atoms with Crippen LogP contribution in [-0.4, -0.2) is 28.1 Å². The average Bonchev–Trinajstić information content (AvgIpc) is 2.99. The molecule has 0 fully saturated rings. The van der Waals surface area contributed by atoms with E-state index in [0.717, 1.165) is 5.39 Å². The van der Waals surface area contributed by atoms with Crippen LogP contribution < -0.4 is 10.6 Å². The molecule has 3 aromatic rings. The molecule has 2 heterocycles. The van der Waals surface area contributed by atoms with Crippen LogP contribution >= 0.6 is 22.9 Å². The summed E-state index contributed by atoms with van der Waals surface area (Å²) < 4.78 is 0. The third-order valence-electron chi connectivity index (χ3n) is 2.80. The number of aromatic nitrogens is 3. The molecule has 0 radical (unpaired) electrons. The zero-order valence-electron chi connectivity index (χ0n) is 10.9. The van der Waals surface area contributed by atoms with Gasteiger partial charge in [0, 0.05) is 18.6 Å². The van der Waals surface area contributed by atoms with Gasteiger partial charge >= 0.3 is 0 Å². The van der Waals surface area contributed by atoms with E-state index in [1.807, 2.05) is 6.07 Å². The number of hydrogen-bond donors (Lipinski definition) is 2. The SMILES string of the molecule is CNc1nnc(C(=O)Nc2ccc(Cl)c3cccnc23)s1. The van der Waals surface area contributed by atoms with E-state index in [4.69, 9.17) is 11.6 Å². The van der Waals surface area contributed by atoms with Crippen molar-refractivity contribution < 1.29 is 4.79 Å². The number of hydrogen-bond acceptors (Lipinski definition) is 6. The highest BCUT2D eigenvalue weighted by atomic mass is 35.5. The number of carbonyl (C=O) groups is 1. The quantitative estimate of drug-likeness (QED) is 0.775. The van der Waals surface area contributed by atoms with Gasteiger partial charge in [-0.2, -0.15) is 0 Å². The maximum absolute atomic E-state index is 12.2. The third kappa shape index (κ3) is 2.65. The number of carbonyl (C=O) groups excluding carboxylic acids is 1. The molecule has 0 spiro atoms. The first-order valence-electron chi connectivity index (χ1n) is 6.05. The number of fused-ring (bicyclic) bond motifs is 1. The lowest BCUT2D eigenvalue weighted by molar-refractivity contribution is 0.102. The van der Waals surface area contributed by atoms with E-state index < -0.39 is 0 Å². The van der Waals surface area contributed by atoms with Crippen molar-refractivity contribution in [1.82, 2.24) is 15.2 Å². The molecule has 0 aliphatic rings. The lowest BCUT2D eigenvalue weighted by Gasteiger charge is -2.07. The second-order valence-electron chi connectivity index (χ2n) is 4.11. The number of nitrogens with one attached hydrogen (secondary N) is 2. The number of halogens is 1. The molecule has 2 N–H and O–H groups in total. The minimum absolute atomic E-state index is 0.276. The summed E-state index contributed by atoms with van der Waals surface area (Å²) in [5.74, 6) is -0.330. The molecule has 0 aliphatic carbocycles. The maximum Gasteiger partial charge on any atom is 0.286 e. The van der Waals surface area contributed by atoms with Crippen LogP contribution in [0.25, 0.3) is 10.9 Å². The lowest BCUT2D eigenvalue weighted by Crippen LogP contribution is -2.12. The Labute approximate surface area is 129 Å². The standard InChI is InChI=1S/C13H10ClN5OS/c1-15-13-19-18-12(21-13)11(20)17-9-5-4-8(14)7-3-2-6-16-10(7)9/h2-6H,1H3,(H,15,19)(H,17,20). The molecule has 1 aromatic carbocycles. The molecule has 1 amide bonds. The van der Waals surface area contributed by atoms with Crippen LogP contribution in [0, 0.1) is 0 Å². The normalized spacial score (nSPS) is 10.6. The number of rotatable bonds is 3. The third-order valence-corrected chi connectivity index (χ3v) is 4.07. The summed E-state index contributed by atoms with van der Waals surface area (Å²) in [6.45, 7) is 0. The summed E-state index contributed by atoms with van der Waals surface area (Å²) in [5.41, 5.74) is 1.22. The van der Waals surface area contributed by atoms with E-state index in [0.29, 0.717) is 21.4 Å². The molecule has 0 bridgehead atoms. The molecular weight excluding hydrogens is 310 g/mol. The fraction of sp³-hybridized carbons (Fsp3) is 0.0769. The molecule has 0 saturated heterocycles. The Bertz CT molecular complexity index is 819. The summed E-state index contributed by atoms with van der Waals surface area (Å²) in [4.78, 5) is 16.4. The fourth-order valence-corrected chi connectivity index (χ4v) is 2.64. The second kappa shape index (κ2) is 5.63. The molecule has 106 valence electrons. The topological polar surface area (TPSA) is 79.8 Å². The molecule has 6 nitrogen and oxygen atoms in total. The largest absolute Gasteiger partial charge is 0.363 e. The smallest absolute Gasteiger partial charge is 0.286 e. The van der Waals surface area contributed by atoms with Crippen molar-refractivity contribution >= 4 is 50.6 Å². The van der Waals surface area contributed by atoms with Gasteiger partial charge in [-0.25, -0.2) is 0 Å². The van der Waals surface area contributed by atoms with Gasteiger partial charge in [-0.05, 0) is 24.3 Å². The number of anilines is 2. The maximum atomic E-state index is 12.2. The Kier molecular flexibility index (Phi) is 3.68. The molecule has 0 aliphatic heterocycles. The van der Waals surface area contributed by atoms with Gasteiger partial charge in [0.05, 0.1) is 16.2 Å². The van der Waals surface area contributed by atoms with Crippen molar-refractivity contribution in [3.63, 3.8) is 0 Å². The van der Waals surface area contributed by atoms with Gasteiger partial charge in [-0.15, -0.1) is 10.2 Å². The lowest BCUT2D eigenvalue weighted by atomic mass is 10.2. The van der Waals surface area contributed by atoms with Crippen molar-refractivity contribution in [2.24, 2.45) is 0 Å². The van der Waals surface area contributed by atoms with Gasteiger partial charge in [0.2, 0.25) is 10.1 Å². The average molecular weight is 320 g/mol. The van der Waals surface area contributed by atoms with Gasteiger partial charge < -0.3 is 10.6 Å². The molecule has 3 rings (SSSR count). The van der Waals surface area contributed by atoms with Crippen LogP contribution in [0.15, 0.2) is 30.5 Å². The first kappa shape index (κ1) is 13.7. The van der Waals surface area contributed by atoms with Crippen molar-refractivity contribution in [3.8, 4) is 0 Å². The van der Waals surface area contributed by atoms with Crippen LogP contribution in [0.2, 0.25) is 5.02 Å². The number of pyridine rings is 1. The summed E-state index contributed by atoms with van der Waals surface area (Å²) >= 11 is 7.30. The van der Waals surface area contributed by atoms with Crippen molar-refractivity contribution in [2.75, 3.05) is 17.7 Å². The number of benzene rings is 1. The molecular formula is C13H10ClN5OS. The highest BCUT2D eigenvalue weighted by molar-refractivity contribution is 7.17. The van der Waals surface area contributed by atoms with E-state index in [1.165, 1.54) is 11.3 Å². The van der Waals surface area contributed by atoms with Gasteiger partial charge in [-0.3, -0.25) is 9.78 Å². The van der Waals surface area contributed by atoms with E-state index in [2.05, 4.69) is 25.8 Å². The first-order chi connectivity index (χ1) is 10.2. The van der Waals surface area contributed by atoms with Crippen LogP contribution in [0.1, 0.15) is 9.80 Å². The monoisotopic (exact) mass is 319 g/mol. The zero-order chi connectivity index (χ0) is 14.8.